The van der Waals surface area contributed by atoms with Crippen molar-refractivity contribution in [2.24, 2.45) is 0 Å². The molecule has 22 heavy (non-hydrogen) atoms. The highest BCUT2D eigenvalue weighted by atomic mass is 79.9. The van der Waals surface area contributed by atoms with E-state index in [0.29, 0.717) is 5.88 Å². The van der Waals surface area contributed by atoms with Crippen LogP contribution >= 0.6 is 15.9 Å². The summed E-state index contributed by atoms with van der Waals surface area (Å²) in [4.78, 5) is 13.5. The van der Waals surface area contributed by atoms with E-state index in [1.54, 1.807) is 7.11 Å². The average Bonchev–Trinajstić information content (AvgIpc) is 2.57. The number of hydrogen-bond donors (Lipinski definition) is 0. The van der Waals surface area contributed by atoms with E-state index in [1.165, 1.54) is 5.56 Å². The Kier molecular flexibility index (Phi) is 4.90. The van der Waals surface area contributed by atoms with Crippen LogP contribution in [0.1, 0.15) is 5.56 Å². The molecule has 116 valence electrons. The quantitative estimate of drug-likeness (QED) is 0.835. The van der Waals surface area contributed by atoms with Crippen LogP contribution in [0.5, 0.6) is 5.88 Å². The van der Waals surface area contributed by atoms with Crippen LogP contribution in [-0.2, 0) is 6.54 Å². The van der Waals surface area contributed by atoms with E-state index in [-0.39, 0.29) is 0 Å². The first-order valence-electron chi connectivity index (χ1n) is 7.32. The predicted octanol–water partition coefficient (Wildman–Crippen LogP) is 2.57. The molecule has 0 saturated carbocycles. The summed E-state index contributed by atoms with van der Waals surface area (Å²) >= 11 is 3.42. The summed E-state index contributed by atoms with van der Waals surface area (Å²) in [5, 5.41) is 0. The van der Waals surface area contributed by atoms with Gasteiger partial charge in [-0.3, -0.25) is 4.90 Å². The van der Waals surface area contributed by atoms with Crippen LogP contribution in [0.4, 0.5) is 5.82 Å². The summed E-state index contributed by atoms with van der Waals surface area (Å²) < 4.78 is 6.10. The first-order chi connectivity index (χ1) is 10.7. The topological polar surface area (TPSA) is 41.5 Å². The van der Waals surface area contributed by atoms with Gasteiger partial charge in [-0.2, -0.15) is 0 Å². The lowest BCUT2D eigenvalue weighted by atomic mass is 10.2. The molecule has 1 fully saturated rings. The third-order valence-electron chi connectivity index (χ3n) is 3.82. The van der Waals surface area contributed by atoms with Crippen LogP contribution in [0.3, 0.4) is 0 Å². The second-order valence-electron chi connectivity index (χ2n) is 5.31. The SMILES string of the molecule is COc1ccc(CN2CCN(c3ccc(Br)cn3)CC2)cn1. The minimum Gasteiger partial charge on any atom is -0.481 e. The van der Waals surface area contributed by atoms with Crippen LogP contribution in [0.15, 0.2) is 41.1 Å². The number of halogens is 1. The molecule has 2 aromatic heterocycles. The number of pyridine rings is 2. The Hall–Kier alpha value is -1.66. The predicted molar refractivity (Wildman–Crippen MR) is 90.2 cm³/mol. The van der Waals surface area contributed by atoms with Crippen molar-refractivity contribution in [1.29, 1.82) is 0 Å². The number of piperazine rings is 1. The Morgan fingerprint density at radius 1 is 1.05 bits per heavy atom. The van der Waals surface area contributed by atoms with E-state index in [9.17, 15) is 0 Å². The van der Waals surface area contributed by atoms with Gasteiger partial charge in [-0.05, 0) is 33.6 Å². The highest BCUT2D eigenvalue weighted by Crippen LogP contribution is 2.17. The molecule has 1 aliphatic heterocycles. The summed E-state index contributed by atoms with van der Waals surface area (Å²) in [6, 6.07) is 8.09. The monoisotopic (exact) mass is 362 g/mol. The van der Waals surface area contributed by atoms with E-state index in [2.05, 4.69) is 47.8 Å². The van der Waals surface area contributed by atoms with Gasteiger partial charge in [0, 0.05) is 55.7 Å². The lowest BCUT2D eigenvalue weighted by Crippen LogP contribution is -2.46. The zero-order valence-corrected chi connectivity index (χ0v) is 14.2. The molecule has 2 aromatic rings. The standard InChI is InChI=1S/C16H19BrN4O/c1-22-16-5-2-13(10-19-16)12-20-6-8-21(9-7-20)15-4-3-14(17)11-18-15/h2-5,10-11H,6-9,12H2,1H3. The van der Waals surface area contributed by atoms with Crippen molar-refractivity contribution in [2.45, 2.75) is 6.54 Å². The summed E-state index contributed by atoms with van der Waals surface area (Å²) in [5.41, 5.74) is 1.22. The molecule has 0 N–H and O–H groups in total. The summed E-state index contributed by atoms with van der Waals surface area (Å²) in [5.74, 6) is 1.71. The second kappa shape index (κ2) is 7.07. The fraction of sp³-hybridized carbons (Fsp3) is 0.375. The van der Waals surface area contributed by atoms with Crippen LogP contribution in [0.25, 0.3) is 0 Å². The summed E-state index contributed by atoms with van der Waals surface area (Å²) in [6.45, 7) is 4.99. The number of hydrogen-bond acceptors (Lipinski definition) is 5. The Bertz CT molecular complexity index is 595. The minimum atomic E-state index is 0.662. The van der Waals surface area contributed by atoms with Gasteiger partial charge in [0.25, 0.3) is 0 Å². The van der Waals surface area contributed by atoms with E-state index < -0.39 is 0 Å². The minimum absolute atomic E-state index is 0.662. The van der Waals surface area contributed by atoms with Gasteiger partial charge >= 0.3 is 0 Å². The maximum absolute atomic E-state index is 5.09. The third-order valence-corrected chi connectivity index (χ3v) is 4.29. The number of aromatic nitrogens is 2. The molecule has 1 saturated heterocycles. The lowest BCUT2D eigenvalue weighted by molar-refractivity contribution is 0.249. The second-order valence-corrected chi connectivity index (χ2v) is 6.22. The molecule has 3 heterocycles. The van der Waals surface area contributed by atoms with E-state index in [4.69, 9.17) is 4.74 Å². The third kappa shape index (κ3) is 3.75. The molecule has 0 atom stereocenters. The van der Waals surface area contributed by atoms with Crippen LogP contribution in [0.2, 0.25) is 0 Å². The van der Waals surface area contributed by atoms with Crippen LogP contribution in [-0.4, -0.2) is 48.2 Å². The molecule has 1 aliphatic rings. The van der Waals surface area contributed by atoms with E-state index in [1.807, 2.05) is 24.5 Å². The van der Waals surface area contributed by atoms with Gasteiger partial charge in [-0.15, -0.1) is 0 Å². The maximum atomic E-state index is 5.09. The molecule has 0 amide bonds. The van der Waals surface area contributed by atoms with Gasteiger partial charge < -0.3 is 9.64 Å². The fourth-order valence-electron chi connectivity index (χ4n) is 2.57. The van der Waals surface area contributed by atoms with Crippen molar-refractivity contribution >= 4 is 21.7 Å². The van der Waals surface area contributed by atoms with Crippen LogP contribution in [0, 0.1) is 0 Å². The van der Waals surface area contributed by atoms with Crippen LogP contribution < -0.4 is 9.64 Å². The van der Waals surface area contributed by atoms with Crippen molar-refractivity contribution < 1.29 is 4.74 Å². The number of rotatable bonds is 4. The van der Waals surface area contributed by atoms with Crippen molar-refractivity contribution in [3.63, 3.8) is 0 Å². The molecule has 0 unspecified atom stereocenters. The Morgan fingerprint density at radius 3 is 2.45 bits per heavy atom. The lowest BCUT2D eigenvalue weighted by Gasteiger charge is -2.35. The van der Waals surface area contributed by atoms with Gasteiger partial charge in [-0.1, -0.05) is 6.07 Å². The van der Waals surface area contributed by atoms with Crippen molar-refractivity contribution in [2.75, 3.05) is 38.2 Å². The molecule has 0 radical (unpaired) electrons. The highest BCUT2D eigenvalue weighted by Gasteiger charge is 2.18. The number of ether oxygens (including phenoxy) is 1. The van der Waals surface area contributed by atoms with Gasteiger partial charge in [-0.25, -0.2) is 9.97 Å². The molecule has 5 nitrogen and oxygen atoms in total. The molecule has 0 bridgehead atoms. The maximum Gasteiger partial charge on any atom is 0.212 e. The number of nitrogens with zero attached hydrogens (tertiary/aromatic N) is 4. The van der Waals surface area contributed by atoms with Gasteiger partial charge in [0.05, 0.1) is 7.11 Å². The molecular formula is C16H19BrN4O. The smallest absolute Gasteiger partial charge is 0.212 e. The van der Waals surface area contributed by atoms with Gasteiger partial charge in [0.2, 0.25) is 5.88 Å². The summed E-state index contributed by atoms with van der Waals surface area (Å²) in [7, 11) is 1.64. The molecule has 0 aromatic carbocycles. The Balaban J connectivity index is 1.53. The van der Waals surface area contributed by atoms with Crippen molar-refractivity contribution in [3.8, 4) is 5.88 Å². The zero-order chi connectivity index (χ0) is 15.4. The highest BCUT2D eigenvalue weighted by molar-refractivity contribution is 9.10. The first-order valence-corrected chi connectivity index (χ1v) is 8.11. The van der Waals surface area contributed by atoms with Crippen molar-refractivity contribution in [3.05, 3.63) is 46.7 Å². The van der Waals surface area contributed by atoms with Gasteiger partial charge in [0.1, 0.15) is 5.82 Å². The van der Waals surface area contributed by atoms with E-state index >= 15 is 0 Å². The largest absolute Gasteiger partial charge is 0.481 e. The average molecular weight is 363 g/mol. The first kappa shape index (κ1) is 15.2. The molecular weight excluding hydrogens is 344 g/mol. The van der Waals surface area contributed by atoms with Gasteiger partial charge in [0.15, 0.2) is 0 Å². The molecule has 3 rings (SSSR count). The molecule has 0 spiro atoms. The number of methoxy groups -OCH3 is 1. The Morgan fingerprint density at radius 2 is 1.86 bits per heavy atom. The fourth-order valence-corrected chi connectivity index (χ4v) is 2.81. The summed E-state index contributed by atoms with van der Waals surface area (Å²) in [6.07, 6.45) is 3.74. The molecule has 6 heteroatoms. The number of anilines is 1. The Labute approximate surface area is 139 Å². The van der Waals surface area contributed by atoms with E-state index in [0.717, 1.165) is 43.0 Å². The normalized spacial score (nSPS) is 15.8. The zero-order valence-electron chi connectivity index (χ0n) is 12.6. The molecule has 0 aliphatic carbocycles. The van der Waals surface area contributed by atoms with Crippen molar-refractivity contribution in [1.82, 2.24) is 14.9 Å².